The second-order valence-electron chi connectivity index (χ2n) is 7.62. The number of carbonyl (C=O) groups is 1. The van der Waals surface area contributed by atoms with Crippen LogP contribution in [0.4, 0.5) is 5.69 Å². The molecular formula is C23H28N4O. The molecule has 5 heteroatoms. The molecule has 146 valence electrons. The fourth-order valence-corrected chi connectivity index (χ4v) is 4.31. The average molecular weight is 377 g/mol. The molecule has 1 unspecified atom stereocenters. The summed E-state index contributed by atoms with van der Waals surface area (Å²) in [5.41, 5.74) is 3.58. The number of carbonyl (C=O) groups excluding carboxylic acids is 1. The molecule has 28 heavy (non-hydrogen) atoms. The molecular weight excluding hydrogens is 348 g/mol. The van der Waals surface area contributed by atoms with Gasteiger partial charge in [0, 0.05) is 38.9 Å². The maximum Gasteiger partial charge on any atom is 0.231 e. The SMILES string of the molecule is CN=C(NCCN1C(=O)Cc2ccccc21)N1CCC(Cc2ccccc2)C1. The molecule has 2 heterocycles. The molecule has 0 spiro atoms. The third-order valence-corrected chi connectivity index (χ3v) is 5.71. The third kappa shape index (κ3) is 4.03. The molecule has 2 aromatic rings. The van der Waals surface area contributed by atoms with Gasteiger partial charge in [0.1, 0.15) is 0 Å². The number of likely N-dealkylation sites (tertiary alicyclic amines) is 1. The van der Waals surface area contributed by atoms with E-state index < -0.39 is 0 Å². The molecule has 0 aromatic heterocycles. The van der Waals surface area contributed by atoms with E-state index in [1.807, 2.05) is 36.2 Å². The number of nitrogens with zero attached hydrogens (tertiary/aromatic N) is 3. The lowest BCUT2D eigenvalue weighted by Crippen LogP contribution is -2.44. The lowest BCUT2D eigenvalue weighted by Gasteiger charge is -2.23. The molecule has 0 saturated carbocycles. The molecule has 1 fully saturated rings. The Morgan fingerprint density at radius 2 is 1.93 bits per heavy atom. The highest BCUT2D eigenvalue weighted by atomic mass is 16.2. The molecule has 0 aliphatic carbocycles. The van der Waals surface area contributed by atoms with Crippen molar-refractivity contribution >= 4 is 17.6 Å². The summed E-state index contributed by atoms with van der Waals surface area (Å²) in [5.74, 6) is 1.78. The number of amides is 1. The van der Waals surface area contributed by atoms with Gasteiger partial charge in [-0.05, 0) is 36.0 Å². The summed E-state index contributed by atoms with van der Waals surface area (Å²) in [7, 11) is 1.84. The van der Waals surface area contributed by atoms with Crippen molar-refractivity contribution in [3.63, 3.8) is 0 Å². The summed E-state index contributed by atoms with van der Waals surface area (Å²) in [6.07, 6.45) is 2.82. The van der Waals surface area contributed by atoms with Crippen molar-refractivity contribution in [2.45, 2.75) is 19.3 Å². The standard InChI is InChI=1S/C23H28N4O/c1-24-23(26-13-11-19(17-26)15-18-7-3-2-4-8-18)25-12-14-27-21-10-6-5-9-20(21)16-22(27)28/h2-10,19H,11-17H2,1H3,(H,24,25). The number of aliphatic imine (C=N–C) groups is 1. The zero-order valence-electron chi connectivity index (χ0n) is 16.5. The van der Waals surface area contributed by atoms with Gasteiger partial charge < -0.3 is 15.1 Å². The van der Waals surface area contributed by atoms with E-state index in [-0.39, 0.29) is 5.91 Å². The fourth-order valence-electron chi connectivity index (χ4n) is 4.31. The molecule has 1 N–H and O–H groups in total. The minimum absolute atomic E-state index is 0.182. The molecule has 0 radical (unpaired) electrons. The van der Waals surface area contributed by atoms with E-state index in [9.17, 15) is 4.79 Å². The monoisotopic (exact) mass is 376 g/mol. The molecule has 2 aliphatic rings. The van der Waals surface area contributed by atoms with E-state index >= 15 is 0 Å². The second-order valence-corrected chi connectivity index (χ2v) is 7.62. The van der Waals surface area contributed by atoms with Crippen LogP contribution < -0.4 is 10.2 Å². The van der Waals surface area contributed by atoms with Crippen molar-refractivity contribution in [2.75, 3.05) is 38.1 Å². The lowest BCUT2D eigenvalue weighted by molar-refractivity contribution is -0.117. The van der Waals surface area contributed by atoms with Crippen LogP contribution in [0.1, 0.15) is 17.5 Å². The summed E-state index contributed by atoms with van der Waals surface area (Å²) in [6, 6.07) is 18.8. The second kappa shape index (κ2) is 8.46. The molecule has 4 rings (SSSR count). The van der Waals surface area contributed by atoms with Crippen molar-refractivity contribution in [1.29, 1.82) is 0 Å². The minimum Gasteiger partial charge on any atom is -0.354 e. The van der Waals surface area contributed by atoms with Gasteiger partial charge in [-0.1, -0.05) is 48.5 Å². The van der Waals surface area contributed by atoms with Crippen molar-refractivity contribution < 1.29 is 4.79 Å². The molecule has 5 nitrogen and oxygen atoms in total. The maximum absolute atomic E-state index is 12.3. The van der Waals surface area contributed by atoms with Crippen molar-refractivity contribution in [1.82, 2.24) is 10.2 Å². The van der Waals surface area contributed by atoms with Gasteiger partial charge in [-0.2, -0.15) is 0 Å². The van der Waals surface area contributed by atoms with Gasteiger partial charge in [-0.3, -0.25) is 9.79 Å². The van der Waals surface area contributed by atoms with Crippen molar-refractivity contribution in [2.24, 2.45) is 10.9 Å². The van der Waals surface area contributed by atoms with Gasteiger partial charge >= 0.3 is 0 Å². The van der Waals surface area contributed by atoms with E-state index in [1.54, 1.807) is 0 Å². The van der Waals surface area contributed by atoms with Crippen LogP contribution in [-0.4, -0.2) is 50.0 Å². The van der Waals surface area contributed by atoms with Crippen LogP contribution in [0.15, 0.2) is 59.6 Å². The molecule has 2 aromatic carbocycles. The van der Waals surface area contributed by atoms with Crippen LogP contribution in [0.25, 0.3) is 0 Å². The van der Waals surface area contributed by atoms with Crippen LogP contribution in [0.2, 0.25) is 0 Å². The number of hydrogen-bond acceptors (Lipinski definition) is 2. The first kappa shape index (κ1) is 18.5. The number of benzene rings is 2. The minimum atomic E-state index is 0.182. The fraction of sp³-hybridized carbons (Fsp3) is 0.391. The third-order valence-electron chi connectivity index (χ3n) is 5.71. The number of nitrogens with one attached hydrogen (secondary N) is 1. The van der Waals surface area contributed by atoms with Crippen LogP contribution in [0.5, 0.6) is 0 Å². The smallest absolute Gasteiger partial charge is 0.231 e. The van der Waals surface area contributed by atoms with Crippen LogP contribution >= 0.6 is 0 Å². The van der Waals surface area contributed by atoms with E-state index in [0.717, 1.165) is 36.7 Å². The first-order valence-corrected chi connectivity index (χ1v) is 10.1. The van der Waals surface area contributed by atoms with Crippen molar-refractivity contribution in [3.8, 4) is 0 Å². The number of anilines is 1. The Morgan fingerprint density at radius 3 is 2.75 bits per heavy atom. The maximum atomic E-state index is 12.3. The Morgan fingerprint density at radius 1 is 1.14 bits per heavy atom. The molecule has 0 bridgehead atoms. The summed E-state index contributed by atoms with van der Waals surface area (Å²) in [5, 5.41) is 3.46. The zero-order valence-corrected chi connectivity index (χ0v) is 16.5. The van der Waals surface area contributed by atoms with Crippen LogP contribution in [0.3, 0.4) is 0 Å². The molecule has 1 saturated heterocycles. The summed E-state index contributed by atoms with van der Waals surface area (Å²) < 4.78 is 0. The predicted octanol–water partition coefficient (Wildman–Crippen LogP) is 2.72. The Hall–Kier alpha value is -2.82. The topological polar surface area (TPSA) is 47.9 Å². The number of para-hydroxylation sites is 1. The zero-order chi connectivity index (χ0) is 19.3. The summed E-state index contributed by atoms with van der Waals surface area (Å²) in [4.78, 5) is 21.0. The summed E-state index contributed by atoms with van der Waals surface area (Å²) >= 11 is 0. The van der Waals surface area contributed by atoms with Crippen molar-refractivity contribution in [3.05, 3.63) is 65.7 Å². The average Bonchev–Trinajstić information content (AvgIpc) is 3.30. The quantitative estimate of drug-likeness (QED) is 0.645. The van der Waals surface area contributed by atoms with E-state index in [1.165, 1.54) is 12.0 Å². The normalized spacial score (nSPS) is 19.2. The Kier molecular flexibility index (Phi) is 5.60. The number of hydrogen-bond donors (Lipinski definition) is 1. The predicted molar refractivity (Wildman–Crippen MR) is 114 cm³/mol. The first-order valence-electron chi connectivity index (χ1n) is 10.1. The number of guanidine groups is 1. The lowest BCUT2D eigenvalue weighted by atomic mass is 9.99. The van der Waals surface area contributed by atoms with Gasteiger partial charge in [0.2, 0.25) is 5.91 Å². The van der Waals surface area contributed by atoms with Gasteiger partial charge in [-0.25, -0.2) is 0 Å². The van der Waals surface area contributed by atoms with Gasteiger partial charge in [0.05, 0.1) is 6.42 Å². The Labute approximate surface area is 167 Å². The van der Waals surface area contributed by atoms with Gasteiger partial charge in [-0.15, -0.1) is 0 Å². The Bertz CT molecular complexity index is 849. The van der Waals surface area contributed by atoms with E-state index in [2.05, 4.69) is 45.5 Å². The Balaban J connectivity index is 1.28. The highest BCUT2D eigenvalue weighted by Gasteiger charge is 2.27. The van der Waals surface area contributed by atoms with Gasteiger partial charge in [0.25, 0.3) is 0 Å². The largest absolute Gasteiger partial charge is 0.354 e. The highest BCUT2D eigenvalue weighted by molar-refractivity contribution is 6.01. The molecule has 1 atom stereocenters. The molecule has 2 aliphatic heterocycles. The summed E-state index contributed by atoms with van der Waals surface area (Å²) in [6.45, 7) is 3.42. The van der Waals surface area contributed by atoms with Crippen LogP contribution in [-0.2, 0) is 17.6 Å². The number of rotatable bonds is 5. The highest BCUT2D eigenvalue weighted by Crippen LogP contribution is 2.27. The number of fused-ring (bicyclic) bond motifs is 1. The molecule has 1 amide bonds. The van der Waals surface area contributed by atoms with E-state index in [0.29, 0.717) is 25.4 Å². The first-order chi connectivity index (χ1) is 13.7. The van der Waals surface area contributed by atoms with E-state index in [4.69, 9.17) is 0 Å². The van der Waals surface area contributed by atoms with Gasteiger partial charge in [0.15, 0.2) is 5.96 Å². The van der Waals surface area contributed by atoms with Crippen LogP contribution in [0, 0.1) is 5.92 Å².